The summed E-state index contributed by atoms with van der Waals surface area (Å²) >= 11 is 3.38. The summed E-state index contributed by atoms with van der Waals surface area (Å²) in [7, 11) is 0. The second kappa shape index (κ2) is 5.22. The minimum atomic E-state index is 0.743. The Morgan fingerprint density at radius 3 is 2.85 bits per heavy atom. The highest BCUT2D eigenvalue weighted by Gasteiger charge is 1.95. The SMILES string of the molecule is CC(C)CCNc1cncc(Br)c1. The minimum absolute atomic E-state index is 0.743. The fourth-order valence-corrected chi connectivity index (χ4v) is 1.38. The summed E-state index contributed by atoms with van der Waals surface area (Å²) in [6, 6.07) is 2.04. The maximum atomic E-state index is 4.07. The van der Waals surface area contributed by atoms with E-state index in [9.17, 15) is 0 Å². The Labute approximate surface area is 87.9 Å². The summed E-state index contributed by atoms with van der Waals surface area (Å²) < 4.78 is 1.02. The summed E-state index contributed by atoms with van der Waals surface area (Å²) in [6.07, 6.45) is 4.81. The van der Waals surface area contributed by atoms with Crippen LogP contribution in [0.1, 0.15) is 20.3 Å². The zero-order valence-electron chi connectivity index (χ0n) is 8.05. The predicted octanol–water partition coefficient (Wildman–Crippen LogP) is 3.30. The van der Waals surface area contributed by atoms with Crippen molar-refractivity contribution >= 4 is 21.6 Å². The van der Waals surface area contributed by atoms with Crippen LogP contribution in [-0.2, 0) is 0 Å². The number of aromatic nitrogens is 1. The summed E-state index contributed by atoms with van der Waals surface area (Å²) in [6.45, 7) is 5.46. The number of hydrogen-bond acceptors (Lipinski definition) is 2. The first-order chi connectivity index (χ1) is 6.18. The van der Waals surface area contributed by atoms with Gasteiger partial charge in [0.15, 0.2) is 0 Å². The second-order valence-corrected chi connectivity index (χ2v) is 4.42. The van der Waals surface area contributed by atoms with Crippen LogP contribution in [0.15, 0.2) is 22.9 Å². The molecule has 1 aromatic heterocycles. The lowest BCUT2D eigenvalue weighted by Crippen LogP contribution is -2.04. The Morgan fingerprint density at radius 1 is 1.46 bits per heavy atom. The normalized spacial score (nSPS) is 10.5. The lowest BCUT2D eigenvalue weighted by Gasteiger charge is -2.07. The molecule has 1 heterocycles. The van der Waals surface area contributed by atoms with E-state index in [4.69, 9.17) is 0 Å². The van der Waals surface area contributed by atoms with Crippen LogP contribution in [0.4, 0.5) is 5.69 Å². The molecule has 0 fully saturated rings. The van der Waals surface area contributed by atoms with E-state index in [0.717, 1.165) is 22.6 Å². The second-order valence-electron chi connectivity index (χ2n) is 3.50. The van der Waals surface area contributed by atoms with Crippen LogP contribution in [0.2, 0.25) is 0 Å². The van der Waals surface area contributed by atoms with Crippen LogP contribution in [0.3, 0.4) is 0 Å². The third-order valence-electron chi connectivity index (χ3n) is 1.76. The van der Waals surface area contributed by atoms with Crippen molar-refractivity contribution in [2.75, 3.05) is 11.9 Å². The van der Waals surface area contributed by atoms with Gasteiger partial charge in [-0.05, 0) is 34.3 Å². The maximum Gasteiger partial charge on any atom is 0.0538 e. The van der Waals surface area contributed by atoms with Gasteiger partial charge in [-0.15, -0.1) is 0 Å². The van der Waals surface area contributed by atoms with Crippen LogP contribution in [0.5, 0.6) is 0 Å². The number of pyridine rings is 1. The molecule has 0 bridgehead atoms. The molecule has 0 aromatic carbocycles. The third-order valence-corrected chi connectivity index (χ3v) is 2.19. The monoisotopic (exact) mass is 242 g/mol. The van der Waals surface area contributed by atoms with E-state index >= 15 is 0 Å². The number of anilines is 1. The largest absolute Gasteiger partial charge is 0.384 e. The molecule has 0 saturated carbocycles. The minimum Gasteiger partial charge on any atom is -0.384 e. The molecule has 1 aromatic rings. The molecule has 13 heavy (non-hydrogen) atoms. The molecule has 2 nitrogen and oxygen atoms in total. The van der Waals surface area contributed by atoms with E-state index in [1.54, 1.807) is 6.20 Å². The molecular weight excluding hydrogens is 228 g/mol. The predicted molar refractivity (Wildman–Crippen MR) is 59.9 cm³/mol. The highest BCUT2D eigenvalue weighted by Crippen LogP contribution is 2.13. The van der Waals surface area contributed by atoms with Gasteiger partial charge >= 0.3 is 0 Å². The molecule has 0 amide bonds. The average Bonchev–Trinajstić information content (AvgIpc) is 2.03. The van der Waals surface area contributed by atoms with Crippen LogP contribution in [0, 0.1) is 5.92 Å². The molecule has 0 unspecified atom stereocenters. The lowest BCUT2D eigenvalue weighted by molar-refractivity contribution is 0.607. The number of rotatable bonds is 4. The van der Waals surface area contributed by atoms with Gasteiger partial charge in [0.2, 0.25) is 0 Å². The number of nitrogens with zero attached hydrogens (tertiary/aromatic N) is 1. The Kier molecular flexibility index (Phi) is 4.22. The molecule has 72 valence electrons. The molecule has 1 rings (SSSR count). The zero-order chi connectivity index (χ0) is 9.68. The summed E-state index contributed by atoms with van der Waals surface area (Å²) in [5.74, 6) is 0.743. The molecule has 0 radical (unpaired) electrons. The van der Waals surface area contributed by atoms with Crippen LogP contribution < -0.4 is 5.32 Å². The van der Waals surface area contributed by atoms with Gasteiger partial charge in [0.05, 0.1) is 11.9 Å². The Hall–Kier alpha value is -0.570. The van der Waals surface area contributed by atoms with Gasteiger partial charge < -0.3 is 5.32 Å². The Balaban J connectivity index is 2.37. The highest BCUT2D eigenvalue weighted by atomic mass is 79.9. The number of nitrogens with one attached hydrogen (secondary N) is 1. The third kappa shape index (κ3) is 4.27. The van der Waals surface area contributed by atoms with Crippen molar-refractivity contribution in [2.24, 2.45) is 5.92 Å². The first kappa shape index (κ1) is 10.5. The van der Waals surface area contributed by atoms with Gasteiger partial charge in [-0.2, -0.15) is 0 Å². The topological polar surface area (TPSA) is 24.9 Å². The number of hydrogen-bond donors (Lipinski definition) is 1. The molecular formula is C10H15BrN2. The highest BCUT2D eigenvalue weighted by molar-refractivity contribution is 9.10. The molecule has 0 aliphatic carbocycles. The van der Waals surface area contributed by atoms with Gasteiger partial charge in [0.25, 0.3) is 0 Å². The molecule has 0 saturated heterocycles. The average molecular weight is 243 g/mol. The summed E-state index contributed by atoms with van der Waals surface area (Å²) in [4.78, 5) is 4.07. The first-order valence-corrected chi connectivity index (χ1v) is 5.32. The van der Waals surface area contributed by atoms with Crippen molar-refractivity contribution in [3.05, 3.63) is 22.9 Å². The molecule has 0 spiro atoms. The molecule has 1 N–H and O–H groups in total. The lowest BCUT2D eigenvalue weighted by atomic mass is 10.1. The maximum absolute atomic E-state index is 4.07. The first-order valence-electron chi connectivity index (χ1n) is 4.53. The zero-order valence-corrected chi connectivity index (χ0v) is 9.63. The fraction of sp³-hybridized carbons (Fsp3) is 0.500. The Morgan fingerprint density at radius 2 is 2.23 bits per heavy atom. The van der Waals surface area contributed by atoms with Crippen molar-refractivity contribution in [1.82, 2.24) is 4.98 Å². The van der Waals surface area contributed by atoms with Crippen molar-refractivity contribution in [1.29, 1.82) is 0 Å². The van der Waals surface area contributed by atoms with E-state index in [0.29, 0.717) is 0 Å². The molecule has 0 aliphatic rings. The molecule has 0 aliphatic heterocycles. The van der Waals surface area contributed by atoms with Gasteiger partial charge in [-0.25, -0.2) is 0 Å². The van der Waals surface area contributed by atoms with Gasteiger partial charge in [0.1, 0.15) is 0 Å². The van der Waals surface area contributed by atoms with Gasteiger partial charge in [0, 0.05) is 17.2 Å². The van der Waals surface area contributed by atoms with E-state index in [-0.39, 0.29) is 0 Å². The fourth-order valence-electron chi connectivity index (χ4n) is 1.01. The molecule has 3 heteroatoms. The standard InChI is InChI=1S/C10H15BrN2/c1-8(2)3-4-13-10-5-9(11)6-12-7-10/h5-8,13H,3-4H2,1-2H3. The van der Waals surface area contributed by atoms with Gasteiger partial charge in [-0.1, -0.05) is 13.8 Å². The van der Waals surface area contributed by atoms with Crippen LogP contribution >= 0.6 is 15.9 Å². The van der Waals surface area contributed by atoms with Gasteiger partial charge in [-0.3, -0.25) is 4.98 Å². The van der Waals surface area contributed by atoms with Crippen molar-refractivity contribution in [3.63, 3.8) is 0 Å². The Bertz CT molecular complexity index is 261. The van der Waals surface area contributed by atoms with E-state index in [2.05, 4.69) is 40.1 Å². The summed E-state index contributed by atoms with van der Waals surface area (Å²) in [5, 5.41) is 3.32. The quantitative estimate of drug-likeness (QED) is 0.877. The van der Waals surface area contributed by atoms with E-state index in [1.807, 2.05) is 12.3 Å². The van der Waals surface area contributed by atoms with Crippen LogP contribution in [-0.4, -0.2) is 11.5 Å². The van der Waals surface area contributed by atoms with Crippen molar-refractivity contribution in [3.8, 4) is 0 Å². The van der Waals surface area contributed by atoms with E-state index < -0.39 is 0 Å². The van der Waals surface area contributed by atoms with Crippen molar-refractivity contribution < 1.29 is 0 Å². The smallest absolute Gasteiger partial charge is 0.0538 e. The van der Waals surface area contributed by atoms with Crippen molar-refractivity contribution in [2.45, 2.75) is 20.3 Å². The van der Waals surface area contributed by atoms with Crippen LogP contribution in [0.25, 0.3) is 0 Å². The molecule has 0 atom stereocenters. The number of halogens is 1. The van der Waals surface area contributed by atoms with E-state index in [1.165, 1.54) is 6.42 Å². The summed E-state index contributed by atoms with van der Waals surface area (Å²) in [5.41, 5.74) is 1.08.